The van der Waals surface area contributed by atoms with Crippen LogP contribution in [0.1, 0.15) is 10.4 Å². The van der Waals surface area contributed by atoms with Crippen molar-refractivity contribution in [3.63, 3.8) is 0 Å². The van der Waals surface area contributed by atoms with Crippen molar-refractivity contribution in [2.24, 2.45) is 0 Å². The minimum Gasteiger partial charge on any atom is -0.459 e. The summed E-state index contributed by atoms with van der Waals surface area (Å²) in [5, 5.41) is 22.3. The Balaban J connectivity index is 1.56. The quantitative estimate of drug-likeness (QED) is 0.314. The van der Waals surface area contributed by atoms with E-state index in [2.05, 4.69) is 20.5 Å². The number of fused-ring (bicyclic) bond motifs is 1. The van der Waals surface area contributed by atoms with E-state index in [9.17, 15) is 14.9 Å². The zero-order valence-corrected chi connectivity index (χ0v) is 16.3. The van der Waals surface area contributed by atoms with Crippen LogP contribution in [0.5, 0.6) is 0 Å². The zero-order valence-electron chi connectivity index (χ0n) is 16.3. The first-order valence-corrected chi connectivity index (χ1v) is 9.42. The summed E-state index contributed by atoms with van der Waals surface area (Å²) in [5.74, 6) is -0.0467. The molecule has 0 saturated heterocycles. The molecule has 0 unspecified atom stereocenters. The van der Waals surface area contributed by atoms with Gasteiger partial charge in [-0.2, -0.15) is 0 Å². The first-order chi connectivity index (χ1) is 15.6. The normalized spacial score (nSPS) is 10.9. The number of amides is 1. The highest BCUT2D eigenvalue weighted by atomic mass is 16.6. The summed E-state index contributed by atoms with van der Waals surface area (Å²) in [6.07, 6.45) is 1.46. The number of carbonyl (C=O) groups is 1. The topological polar surface area (TPSA) is 137 Å². The van der Waals surface area contributed by atoms with Gasteiger partial charge in [-0.3, -0.25) is 20.2 Å². The lowest BCUT2D eigenvalue weighted by Crippen LogP contribution is -2.13. The molecule has 1 N–H and O–H groups in total. The van der Waals surface area contributed by atoms with Crippen LogP contribution in [0.25, 0.3) is 33.8 Å². The van der Waals surface area contributed by atoms with Crippen molar-refractivity contribution in [3.05, 3.63) is 88.7 Å². The molecular formula is C22H13N5O5. The fourth-order valence-electron chi connectivity index (χ4n) is 3.29. The van der Waals surface area contributed by atoms with Crippen LogP contribution < -0.4 is 5.32 Å². The second-order valence-electron chi connectivity index (χ2n) is 6.69. The molecule has 0 aliphatic carbocycles. The number of benzene rings is 2. The van der Waals surface area contributed by atoms with Crippen molar-refractivity contribution in [1.29, 1.82) is 0 Å². The summed E-state index contributed by atoms with van der Waals surface area (Å²) in [6, 6.07) is 17.9. The van der Waals surface area contributed by atoms with Gasteiger partial charge in [0.15, 0.2) is 5.76 Å². The smallest absolute Gasteiger partial charge is 0.322 e. The van der Waals surface area contributed by atoms with Gasteiger partial charge in [0, 0.05) is 11.5 Å². The molecule has 0 aliphatic rings. The molecule has 1 amide bonds. The van der Waals surface area contributed by atoms with Gasteiger partial charge in [-0.05, 0) is 30.3 Å². The number of nitrogens with one attached hydrogen (secondary N) is 1. The number of rotatable bonds is 5. The average molecular weight is 427 g/mol. The molecule has 10 nitrogen and oxygen atoms in total. The summed E-state index contributed by atoms with van der Waals surface area (Å²) < 4.78 is 10.6. The number of nitro benzene ring substituents is 1. The van der Waals surface area contributed by atoms with Crippen molar-refractivity contribution < 1.29 is 18.6 Å². The van der Waals surface area contributed by atoms with E-state index < -0.39 is 10.8 Å². The summed E-state index contributed by atoms with van der Waals surface area (Å²) in [5.41, 5.74) is 1.25. The molecule has 0 aliphatic heterocycles. The molecule has 5 aromatic rings. The molecule has 0 saturated carbocycles. The Kier molecular flexibility index (Phi) is 4.64. The number of hydrogen-bond acceptors (Lipinski definition) is 8. The van der Waals surface area contributed by atoms with Gasteiger partial charge < -0.3 is 8.83 Å². The fraction of sp³-hybridized carbons (Fsp3) is 0. The molecule has 156 valence electrons. The number of pyridine rings is 1. The monoisotopic (exact) mass is 427 g/mol. The largest absolute Gasteiger partial charge is 0.459 e. The Morgan fingerprint density at radius 1 is 1.00 bits per heavy atom. The molecule has 5 rings (SSSR count). The van der Waals surface area contributed by atoms with Gasteiger partial charge in [-0.1, -0.05) is 35.4 Å². The van der Waals surface area contributed by atoms with Gasteiger partial charge in [0.1, 0.15) is 0 Å². The highest BCUT2D eigenvalue weighted by molar-refractivity contribution is 6.12. The number of aromatic nitrogens is 3. The van der Waals surface area contributed by atoms with Crippen LogP contribution in [0.15, 0.2) is 81.8 Å². The van der Waals surface area contributed by atoms with Crippen molar-refractivity contribution in [3.8, 4) is 22.9 Å². The Hall–Kier alpha value is -4.86. The number of para-hydroxylation sites is 2. The minimum absolute atomic E-state index is 0.110. The fourth-order valence-corrected chi connectivity index (χ4v) is 3.29. The van der Waals surface area contributed by atoms with E-state index in [1.165, 1.54) is 18.4 Å². The van der Waals surface area contributed by atoms with Crippen molar-refractivity contribution in [2.45, 2.75) is 0 Å². The van der Waals surface area contributed by atoms with Gasteiger partial charge in [0.25, 0.3) is 17.5 Å². The molecule has 2 aromatic carbocycles. The van der Waals surface area contributed by atoms with E-state index in [0.717, 1.165) is 0 Å². The second-order valence-corrected chi connectivity index (χ2v) is 6.69. The minimum atomic E-state index is -0.530. The molecule has 0 radical (unpaired) electrons. The number of nitrogens with zero attached hydrogens (tertiary/aromatic N) is 4. The summed E-state index contributed by atoms with van der Waals surface area (Å²) >= 11 is 0. The Bertz CT molecular complexity index is 1460. The van der Waals surface area contributed by atoms with E-state index in [1.807, 2.05) is 0 Å². The van der Waals surface area contributed by atoms with E-state index in [0.29, 0.717) is 27.9 Å². The number of carbonyl (C=O) groups excluding carboxylic acids is 1. The van der Waals surface area contributed by atoms with E-state index in [-0.39, 0.29) is 23.2 Å². The molecule has 32 heavy (non-hydrogen) atoms. The molecule has 10 heteroatoms. The first-order valence-electron chi connectivity index (χ1n) is 9.42. The number of furan rings is 1. The van der Waals surface area contributed by atoms with Crippen LogP contribution in [0.3, 0.4) is 0 Å². The molecule has 3 aromatic heterocycles. The molecule has 0 atom stereocenters. The van der Waals surface area contributed by atoms with Gasteiger partial charge in [-0.15, -0.1) is 5.10 Å². The number of anilines is 1. The molecular weight excluding hydrogens is 414 g/mol. The molecule has 3 heterocycles. The van der Waals surface area contributed by atoms with Crippen molar-refractivity contribution >= 4 is 28.5 Å². The van der Waals surface area contributed by atoms with Gasteiger partial charge in [-0.25, -0.2) is 4.98 Å². The van der Waals surface area contributed by atoms with Crippen LogP contribution in [-0.4, -0.2) is 26.0 Å². The third-order valence-electron chi connectivity index (χ3n) is 4.71. The van der Waals surface area contributed by atoms with E-state index in [4.69, 9.17) is 8.83 Å². The highest BCUT2D eigenvalue weighted by Gasteiger charge is 2.21. The number of hydrogen-bond donors (Lipinski definition) is 1. The lowest BCUT2D eigenvalue weighted by molar-refractivity contribution is -0.384. The molecule has 0 spiro atoms. The lowest BCUT2D eigenvalue weighted by Gasteiger charge is -2.09. The lowest BCUT2D eigenvalue weighted by atomic mass is 10.0. The van der Waals surface area contributed by atoms with Crippen molar-refractivity contribution in [2.75, 3.05) is 5.32 Å². The predicted octanol–water partition coefficient (Wildman–Crippen LogP) is 4.71. The SMILES string of the molecule is O=C(Nc1nnc(-c2ccco2)o1)c1cc(-c2ccccc2[N+](=O)[O-])nc2ccccc12. The Morgan fingerprint density at radius 3 is 2.62 bits per heavy atom. The van der Waals surface area contributed by atoms with Crippen LogP contribution in [0, 0.1) is 10.1 Å². The third-order valence-corrected chi connectivity index (χ3v) is 4.71. The predicted molar refractivity (Wildman–Crippen MR) is 114 cm³/mol. The van der Waals surface area contributed by atoms with Gasteiger partial charge in [0.2, 0.25) is 0 Å². The van der Waals surface area contributed by atoms with Crippen LogP contribution in [-0.2, 0) is 0 Å². The molecule has 0 fully saturated rings. The maximum atomic E-state index is 13.1. The maximum Gasteiger partial charge on any atom is 0.322 e. The first kappa shape index (κ1) is 19.1. The van der Waals surface area contributed by atoms with Crippen molar-refractivity contribution in [1.82, 2.24) is 15.2 Å². The van der Waals surface area contributed by atoms with E-state index >= 15 is 0 Å². The summed E-state index contributed by atoms with van der Waals surface area (Å²) in [4.78, 5) is 28.6. The van der Waals surface area contributed by atoms with Gasteiger partial charge >= 0.3 is 6.01 Å². The Labute approximate surface area is 179 Å². The summed E-state index contributed by atoms with van der Waals surface area (Å²) in [7, 11) is 0. The highest BCUT2D eigenvalue weighted by Crippen LogP contribution is 2.31. The van der Waals surface area contributed by atoms with E-state index in [1.54, 1.807) is 54.6 Å². The third kappa shape index (κ3) is 3.45. The second kappa shape index (κ2) is 7.76. The van der Waals surface area contributed by atoms with Gasteiger partial charge in [0.05, 0.1) is 33.5 Å². The van der Waals surface area contributed by atoms with Crippen LogP contribution in [0.4, 0.5) is 11.7 Å². The van der Waals surface area contributed by atoms with Crippen LogP contribution >= 0.6 is 0 Å². The zero-order chi connectivity index (χ0) is 22.1. The standard InChI is InChI=1S/C22H13N5O5/c28-20(24-22-26-25-21(32-22)19-10-5-11-31-19)15-12-17(23-16-8-3-1-6-13(15)16)14-7-2-4-9-18(14)27(29)30/h1-12H,(H,24,26,28). The van der Waals surface area contributed by atoms with Crippen LogP contribution in [0.2, 0.25) is 0 Å². The maximum absolute atomic E-state index is 13.1. The average Bonchev–Trinajstić information content (AvgIpc) is 3.50. The summed E-state index contributed by atoms with van der Waals surface area (Å²) in [6.45, 7) is 0. The Morgan fingerprint density at radius 2 is 1.81 bits per heavy atom. The number of nitro groups is 1. The molecule has 0 bridgehead atoms.